The highest BCUT2D eigenvalue weighted by atomic mass is 35.5. The maximum absolute atomic E-state index is 12.1. The van der Waals surface area contributed by atoms with Crippen molar-refractivity contribution in [2.45, 2.75) is 19.4 Å². The Morgan fingerprint density at radius 3 is 2.80 bits per heavy atom. The van der Waals surface area contributed by atoms with Gasteiger partial charge in [-0.05, 0) is 31.8 Å². The summed E-state index contributed by atoms with van der Waals surface area (Å²) in [4.78, 5) is 22.5. The van der Waals surface area contributed by atoms with Crippen molar-refractivity contribution in [2.24, 2.45) is 5.92 Å². The standard InChI is InChI=1S/C17H25N5OS.ClH/c23-16-10-15(19-17-22(16)8-9-24-17)13-21-6-4-20(5-7-21)12-14-2-1-3-18-11-14;/h8-10,14,18H,1-7,11-13H2;1H. The molecular weight excluding hydrogens is 358 g/mol. The highest BCUT2D eigenvalue weighted by molar-refractivity contribution is 7.15. The van der Waals surface area contributed by atoms with Gasteiger partial charge in [0.25, 0.3) is 5.56 Å². The molecule has 2 aromatic heterocycles. The van der Waals surface area contributed by atoms with Crippen LogP contribution in [0, 0.1) is 5.92 Å². The number of hydrogen-bond donors (Lipinski definition) is 1. The molecule has 2 aromatic rings. The maximum atomic E-state index is 12.1. The van der Waals surface area contributed by atoms with Gasteiger partial charge in [-0.2, -0.15) is 0 Å². The van der Waals surface area contributed by atoms with Crippen molar-refractivity contribution in [1.82, 2.24) is 24.5 Å². The fourth-order valence-electron chi connectivity index (χ4n) is 3.77. The molecule has 2 fully saturated rings. The molecule has 0 radical (unpaired) electrons. The number of rotatable bonds is 4. The van der Waals surface area contributed by atoms with Gasteiger partial charge in [-0.3, -0.25) is 14.1 Å². The average Bonchev–Trinajstić information content (AvgIpc) is 3.07. The third-order valence-electron chi connectivity index (χ3n) is 5.12. The Kier molecular flexibility index (Phi) is 6.46. The molecule has 0 saturated carbocycles. The quantitative estimate of drug-likeness (QED) is 0.862. The van der Waals surface area contributed by atoms with Crippen molar-refractivity contribution in [3.05, 3.63) is 33.7 Å². The topological polar surface area (TPSA) is 52.9 Å². The molecule has 0 aliphatic carbocycles. The number of nitrogens with one attached hydrogen (secondary N) is 1. The van der Waals surface area contributed by atoms with E-state index in [4.69, 9.17) is 0 Å². The Bertz CT molecular complexity index is 734. The van der Waals surface area contributed by atoms with Gasteiger partial charge in [0.05, 0.1) is 5.69 Å². The van der Waals surface area contributed by atoms with Gasteiger partial charge in [-0.25, -0.2) is 4.98 Å². The molecule has 25 heavy (non-hydrogen) atoms. The van der Waals surface area contributed by atoms with Crippen molar-refractivity contribution >= 4 is 28.7 Å². The van der Waals surface area contributed by atoms with Crippen LogP contribution in [0.25, 0.3) is 4.96 Å². The first kappa shape index (κ1) is 18.8. The summed E-state index contributed by atoms with van der Waals surface area (Å²) in [5, 5.41) is 5.42. The van der Waals surface area contributed by atoms with E-state index in [1.165, 1.54) is 43.8 Å². The van der Waals surface area contributed by atoms with Crippen molar-refractivity contribution < 1.29 is 0 Å². The molecule has 0 aromatic carbocycles. The highest BCUT2D eigenvalue weighted by Gasteiger charge is 2.21. The summed E-state index contributed by atoms with van der Waals surface area (Å²) in [6.45, 7) is 8.73. The first-order valence-electron chi connectivity index (χ1n) is 8.89. The number of aromatic nitrogens is 2. The van der Waals surface area contributed by atoms with Gasteiger partial charge in [-0.1, -0.05) is 0 Å². The first-order valence-corrected chi connectivity index (χ1v) is 9.77. The van der Waals surface area contributed by atoms with Gasteiger partial charge < -0.3 is 10.2 Å². The molecule has 0 spiro atoms. The van der Waals surface area contributed by atoms with Gasteiger partial charge in [0.2, 0.25) is 0 Å². The number of fused-ring (bicyclic) bond motifs is 1. The van der Waals surface area contributed by atoms with Crippen LogP contribution in [0.4, 0.5) is 0 Å². The number of piperidine rings is 1. The van der Waals surface area contributed by atoms with Gasteiger partial charge in [0.15, 0.2) is 4.96 Å². The van der Waals surface area contributed by atoms with Crippen LogP contribution in [-0.2, 0) is 6.54 Å². The lowest BCUT2D eigenvalue weighted by molar-refractivity contribution is 0.107. The van der Waals surface area contributed by atoms with E-state index in [-0.39, 0.29) is 18.0 Å². The summed E-state index contributed by atoms with van der Waals surface area (Å²) in [7, 11) is 0. The molecule has 2 aliphatic heterocycles. The number of halogens is 1. The monoisotopic (exact) mass is 383 g/mol. The lowest BCUT2D eigenvalue weighted by atomic mass is 9.99. The predicted octanol–water partition coefficient (Wildman–Crippen LogP) is 1.29. The Labute approximate surface area is 158 Å². The summed E-state index contributed by atoms with van der Waals surface area (Å²) in [5.74, 6) is 0.813. The Hall–Kier alpha value is -0.990. The van der Waals surface area contributed by atoms with Gasteiger partial charge in [-0.15, -0.1) is 23.7 Å². The van der Waals surface area contributed by atoms with E-state index in [0.717, 1.165) is 49.3 Å². The van der Waals surface area contributed by atoms with E-state index < -0.39 is 0 Å². The minimum atomic E-state index is 0. The van der Waals surface area contributed by atoms with Crippen LogP contribution in [0.1, 0.15) is 18.5 Å². The summed E-state index contributed by atoms with van der Waals surface area (Å²) in [6, 6.07) is 1.68. The first-order chi connectivity index (χ1) is 11.8. The zero-order chi connectivity index (χ0) is 16.4. The summed E-state index contributed by atoms with van der Waals surface area (Å²) < 4.78 is 1.62. The molecule has 1 N–H and O–H groups in total. The smallest absolute Gasteiger partial charge is 0.258 e. The van der Waals surface area contributed by atoms with Crippen LogP contribution in [0.3, 0.4) is 0 Å². The average molecular weight is 384 g/mol. The minimum Gasteiger partial charge on any atom is -0.316 e. The molecule has 6 nitrogen and oxygen atoms in total. The number of hydrogen-bond acceptors (Lipinski definition) is 6. The maximum Gasteiger partial charge on any atom is 0.258 e. The molecule has 0 bridgehead atoms. The second-order valence-corrected chi connectivity index (χ2v) is 7.80. The zero-order valence-electron chi connectivity index (χ0n) is 14.4. The second-order valence-electron chi connectivity index (χ2n) is 6.93. The summed E-state index contributed by atoms with van der Waals surface area (Å²) in [5.41, 5.74) is 0.923. The van der Waals surface area contributed by atoms with Gasteiger partial charge in [0, 0.05) is 56.9 Å². The molecular formula is C17H26ClN5OS. The van der Waals surface area contributed by atoms with Crippen molar-refractivity contribution in [1.29, 1.82) is 0 Å². The van der Waals surface area contributed by atoms with E-state index in [0.29, 0.717) is 0 Å². The van der Waals surface area contributed by atoms with Crippen LogP contribution >= 0.6 is 23.7 Å². The number of thiazole rings is 1. The largest absolute Gasteiger partial charge is 0.316 e. The van der Waals surface area contributed by atoms with Gasteiger partial charge in [0.1, 0.15) is 0 Å². The molecule has 2 aliphatic rings. The van der Waals surface area contributed by atoms with Crippen LogP contribution in [0.15, 0.2) is 22.4 Å². The van der Waals surface area contributed by atoms with E-state index in [1.807, 2.05) is 5.38 Å². The fraction of sp³-hybridized carbons (Fsp3) is 0.647. The van der Waals surface area contributed by atoms with E-state index in [2.05, 4.69) is 20.1 Å². The Balaban J connectivity index is 0.00000182. The minimum absolute atomic E-state index is 0. The second kappa shape index (κ2) is 8.60. The fourth-order valence-corrected chi connectivity index (χ4v) is 4.51. The number of piperazine rings is 1. The molecule has 1 unspecified atom stereocenters. The highest BCUT2D eigenvalue weighted by Crippen LogP contribution is 2.14. The van der Waals surface area contributed by atoms with Crippen molar-refractivity contribution in [2.75, 3.05) is 45.8 Å². The zero-order valence-corrected chi connectivity index (χ0v) is 16.0. The van der Waals surface area contributed by atoms with Crippen LogP contribution in [0.5, 0.6) is 0 Å². The summed E-state index contributed by atoms with van der Waals surface area (Å²) in [6.07, 6.45) is 4.47. The molecule has 138 valence electrons. The SMILES string of the molecule is Cl.O=c1cc(CN2CCN(CC3CCCNC3)CC2)nc2sccn12. The lowest BCUT2D eigenvalue weighted by Gasteiger charge is -2.37. The normalized spacial score (nSPS) is 22.8. The van der Waals surface area contributed by atoms with E-state index >= 15 is 0 Å². The summed E-state index contributed by atoms with van der Waals surface area (Å²) >= 11 is 1.52. The van der Waals surface area contributed by atoms with Crippen LogP contribution < -0.4 is 10.9 Å². The Morgan fingerprint density at radius 2 is 2.04 bits per heavy atom. The van der Waals surface area contributed by atoms with E-state index in [9.17, 15) is 4.79 Å². The van der Waals surface area contributed by atoms with E-state index in [1.54, 1.807) is 16.7 Å². The predicted molar refractivity (Wildman–Crippen MR) is 104 cm³/mol. The van der Waals surface area contributed by atoms with Crippen LogP contribution in [-0.4, -0.2) is 65.0 Å². The third-order valence-corrected chi connectivity index (χ3v) is 5.88. The molecule has 1 atom stereocenters. The molecule has 0 amide bonds. The number of nitrogens with zero attached hydrogens (tertiary/aromatic N) is 4. The molecule has 4 rings (SSSR count). The lowest BCUT2D eigenvalue weighted by Crippen LogP contribution is -2.48. The van der Waals surface area contributed by atoms with Crippen LogP contribution in [0.2, 0.25) is 0 Å². The third kappa shape index (κ3) is 4.60. The van der Waals surface area contributed by atoms with Crippen molar-refractivity contribution in [3.8, 4) is 0 Å². The Morgan fingerprint density at radius 1 is 1.24 bits per heavy atom. The molecule has 8 heteroatoms. The molecule has 2 saturated heterocycles. The van der Waals surface area contributed by atoms with Crippen molar-refractivity contribution in [3.63, 3.8) is 0 Å². The van der Waals surface area contributed by atoms with Gasteiger partial charge >= 0.3 is 0 Å². The molecule has 4 heterocycles.